The largest absolute Gasteiger partial charge is 0.496 e. The van der Waals surface area contributed by atoms with Gasteiger partial charge in [0.1, 0.15) is 16.3 Å². The number of methoxy groups -OCH3 is 1. The molecule has 0 aliphatic carbocycles. The molecule has 1 saturated heterocycles. The number of ether oxygens (including phenoxy) is 1. The van der Waals surface area contributed by atoms with Crippen LogP contribution in [0.15, 0.2) is 29.2 Å². The summed E-state index contributed by atoms with van der Waals surface area (Å²) in [5.41, 5.74) is 2.09. The lowest BCUT2D eigenvalue weighted by molar-refractivity contribution is 0.0945. The first kappa shape index (κ1) is 21.4. The Morgan fingerprint density at radius 2 is 1.79 bits per heavy atom. The van der Waals surface area contributed by atoms with Crippen molar-refractivity contribution in [3.05, 3.63) is 46.8 Å². The van der Waals surface area contributed by atoms with Crippen molar-refractivity contribution in [2.45, 2.75) is 51.0 Å². The summed E-state index contributed by atoms with van der Waals surface area (Å²) in [5, 5.41) is 2.85. The maximum Gasteiger partial charge on any atom is 0.268 e. The predicted molar refractivity (Wildman–Crippen MR) is 112 cm³/mol. The van der Waals surface area contributed by atoms with Crippen molar-refractivity contribution in [3.8, 4) is 5.75 Å². The molecule has 0 spiro atoms. The second kappa shape index (κ2) is 9.00. The maximum absolute atomic E-state index is 13.2. The standard InChI is InChI=1S/C21H29N3O4S/c1-15-19(21(25)22-14-17-10-6-7-11-18(17)28-3)23-16(2)20(15)29(26,27)24-12-8-4-5-9-13-24/h6-7,10-11,23H,4-5,8-9,12-14H2,1-3H3,(H,22,25). The van der Waals surface area contributed by atoms with Gasteiger partial charge in [0.25, 0.3) is 5.91 Å². The van der Waals surface area contributed by atoms with Crippen LogP contribution in [0.3, 0.4) is 0 Å². The number of hydrogen-bond donors (Lipinski definition) is 2. The molecule has 0 radical (unpaired) electrons. The van der Waals surface area contributed by atoms with Crippen LogP contribution in [-0.2, 0) is 16.6 Å². The van der Waals surface area contributed by atoms with E-state index in [0.717, 1.165) is 31.2 Å². The molecular formula is C21H29N3O4S. The van der Waals surface area contributed by atoms with E-state index in [1.54, 1.807) is 25.3 Å². The normalized spacial score (nSPS) is 15.7. The number of carbonyl (C=O) groups is 1. The molecule has 158 valence electrons. The van der Waals surface area contributed by atoms with E-state index in [1.165, 1.54) is 0 Å². The number of sulfonamides is 1. The van der Waals surface area contributed by atoms with Crippen molar-refractivity contribution in [2.75, 3.05) is 20.2 Å². The van der Waals surface area contributed by atoms with Crippen LogP contribution in [-0.4, -0.2) is 43.8 Å². The highest BCUT2D eigenvalue weighted by Crippen LogP contribution is 2.28. The van der Waals surface area contributed by atoms with Crippen LogP contribution in [0.1, 0.15) is 53.0 Å². The summed E-state index contributed by atoms with van der Waals surface area (Å²) in [4.78, 5) is 16.0. The number of amides is 1. The number of nitrogens with zero attached hydrogens (tertiary/aromatic N) is 1. The molecule has 1 amide bonds. The summed E-state index contributed by atoms with van der Waals surface area (Å²) in [5.74, 6) is 0.352. The van der Waals surface area contributed by atoms with Gasteiger partial charge in [-0.25, -0.2) is 8.42 Å². The molecule has 3 rings (SSSR count). The van der Waals surface area contributed by atoms with Gasteiger partial charge in [0.15, 0.2) is 0 Å². The summed E-state index contributed by atoms with van der Waals surface area (Å²) >= 11 is 0. The third-order valence-electron chi connectivity index (χ3n) is 5.39. The molecule has 1 fully saturated rings. The Hall–Kier alpha value is -2.32. The van der Waals surface area contributed by atoms with Crippen LogP contribution in [0.4, 0.5) is 0 Å². The summed E-state index contributed by atoms with van der Waals surface area (Å²) in [7, 11) is -2.05. The smallest absolute Gasteiger partial charge is 0.268 e. The zero-order chi connectivity index (χ0) is 21.0. The number of hydrogen-bond acceptors (Lipinski definition) is 4. The van der Waals surface area contributed by atoms with Crippen molar-refractivity contribution in [2.24, 2.45) is 0 Å². The number of para-hydroxylation sites is 1. The van der Waals surface area contributed by atoms with Gasteiger partial charge in [-0.05, 0) is 38.3 Å². The molecule has 0 saturated carbocycles. The minimum absolute atomic E-state index is 0.224. The van der Waals surface area contributed by atoms with Gasteiger partial charge in [-0.15, -0.1) is 0 Å². The number of aryl methyl sites for hydroxylation is 1. The first-order chi connectivity index (χ1) is 13.9. The van der Waals surface area contributed by atoms with Crippen LogP contribution in [0.5, 0.6) is 5.75 Å². The minimum atomic E-state index is -3.64. The van der Waals surface area contributed by atoms with Crippen LogP contribution in [0, 0.1) is 13.8 Å². The van der Waals surface area contributed by atoms with E-state index >= 15 is 0 Å². The van der Waals surface area contributed by atoms with Crippen molar-refractivity contribution in [1.82, 2.24) is 14.6 Å². The number of rotatable bonds is 6. The molecule has 7 nitrogen and oxygen atoms in total. The van der Waals surface area contributed by atoms with E-state index in [0.29, 0.717) is 30.1 Å². The van der Waals surface area contributed by atoms with Crippen molar-refractivity contribution < 1.29 is 17.9 Å². The molecule has 1 aromatic heterocycles. The highest BCUT2D eigenvalue weighted by molar-refractivity contribution is 7.89. The van der Waals surface area contributed by atoms with E-state index < -0.39 is 10.0 Å². The lowest BCUT2D eigenvalue weighted by Crippen LogP contribution is -2.32. The van der Waals surface area contributed by atoms with Gasteiger partial charge < -0.3 is 15.0 Å². The summed E-state index contributed by atoms with van der Waals surface area (Å²) in [6, 6.07) is 7.45. The van der Waals surface area contributed by atoms with E-state index in [2.05, 4.69) is 10.3 Å². The Morgan fingerprint density at radius 1 is 1.14 bits per heavy atom. The van der Waals surface area contributed by atoms with Crippen LogP contribution in [0.2, 0.25) is 0 Å². The van der Waals surface area contributed by atoms with Crippen molar-refractivity contribution >= 4 is 15.9 Å². The summed E-state index contributed by atoms with van der Waals surface area (Å²) in [6.45, 7) is 4.74. The third kappa shape index (κ3) is 4.48. The Bertz CT molecular complexity index is 974. The first-order valence-corrected chi connectivity index (χ1v) is 11.4. The molecule has 2 aromatic rings. The quantitative estimate of drug-likeness (QED) is 0.752. The molecular weight excluding hydrogens is 390 g/mol. The van der Waals surface area contributed by atoms with Gasteiger partial charge in [-0.3, -0.25) is 4.79 Å². The second-order valence-electron chi connectivity index (χ2n) is 7.39. The molecule has 29 heavy (non-hydrogen) atoms. The monoisotopic (exact) mass is 419 g/mol. The van der Waals surface area contributed by atoms with Crippen LogP contribution >= 0.6 is 0 Å². The molecule has 1 aliphatic heterocycles. The average molecular weight is 420 g/mol. The Morgan fingerprint density at radius 3 is 2.45 bits per heavy atom. The fourth-order valence-corrected chi connectivity index (χ4v) is 5.79. The first-order valence-electron chi connectivity index (χ1n) is 9.95. The van der Waals surface area contributed by atoms with E-state index in [-0.39, 0.29) is 23.0 Å². The minimum Gasteiger partial charge on any atom is -0.496 e. The van der Waals surface area contributed by atoms with E-state index in [4.69, 9.17) is 4.74 Å². The molecule has 1 aromatic carbocycles. The molecule has 0 unspecified atom stereocenters. The molecule has 2 heterocycles. The van der Waals surface area contributed by atoms with Gasteiger partial charge in [-0.1, -0.05) is 31.0 Å². The predicted octanol–water partition coefficient (Wildman–Crippen LogP) is 3.13. The second-order valence-corrected chi connectivity index (χ2v) is 9.27. The Kier molecular flexibility index (Phi) is 6.64. The third-order valence-corrected chi connectivity index (χ3v) is 7.56. The molecule has 0 bridgehead atoms. The average Bonchev–Trinajstić information content (AvgIpc) is 2.89. The van der Waals surface area contributed by atoms with E-state index in [9.17, 15) is 13.2 Å². The van der Waals surface area contributed by atoms with Gasteiger partial charge in [0.2, 0.25) is 10.0 Å². The van der Waals surface area contributed by atoms with Crippen molar-refractivity contribution in [3.63, 3.8) is 0 Å². The SMILES string of the molecule is COc1ccccc1CNC(=O)c1[nH]c(C)c(S(=O)(=O)N2CCCCCC2)c1C. The molecule has 1 aliphatic rings. The highest BCUT2D eigenvalue weighted by Gasteiger charge is 2.32. The topological polar surface area (TPSA) is 91.5 Å². The number of carbonyl (C=O) groups excluding carboxylic acids is 1. The highest BCUT2D eigenvalue weighted by atomic mass is 32.2. The van der Waals surface area contributed by atoms with Gasteiger partial charge in [-0.2, -0.15) is 4.31 Å². The summed E-state index contributed by atoms with van der Waals surface area (Å²) in [6.07, 6.45) is 3.84. The van der Waals surface area contributed by atoms with E-state index in [1.807, 2.05) is 24.3 Å². The summed E-state index contributed by atoms with van der Waals surface area (Å²) < 4.78 is 33.3. The lowest BCUT2D eigenvalue weighted by atomic mass is 10.2. The number of H-pyrrole nitrogens is 1. The molecule has 8 heteroatoms. The number of benzene rings is 1. The Labute approximate surface area is 172 Å². The molecule has 2 N–H and O–H groups in total. The zero-order valence-corrected chi connectivity index (χ0v) is 18.1. The fraction of sp³-hybridized carbons (Fsp3) is 0.476. The van der Waals surface area contributed by atoms with Crippen molar-refractivity contribution in [1.29, 1.82) is 0 Å². The zero-order valence-electron chi connectivity index (χ0n) is 17.2. The van der Waals surface area contributed by atoms with Gasteiger partial charge in [0.05, 0.1) is 7.11 Å². The number of aromatic nitrogens is 1. The number of aromatic amines is 1. The van der Waals surface area contributed by atoms with Crippen LogP contribution < -0.4 is 10.1 Å². The van der Waals surface area contributed by atoms with Gasteiger partial charge >= 0.3 is 0 Å². The van der Waals surface area contributed by atoms with Gasteiger partial charge in [0, 0.05) is 30.9 Å². The lowest BCUT2D eigenvalue weighted by Gasteiger charge is -2.20. The molecule has 0 atom stereocenters. The number of nitrogens with one attached hydrogen (secondary N) is 2. The maximum atomic E-state index is 13.2. The van der Waals surface area contributed by atoms with Crippen LogP contribution in [0.25, 0.3) is 0 Å². The fourth-order valence-electron chi connectivity index (χ4n) is 3.87. The Balaban J connectivity index is 1.82.